The zero-order valence-corrected chi connectivity index (χ0v) is 21.6. The largest absolute Gasteiger partial charge is 0.454 e. The van der Waals surface area contributed by atoms with E-state index in [0.29, 0.717) is 38.8 Å². The fourth-order valence-corrected chi connectivity index (χ4v) is 3.69. The smallest absolute Gasteiger partial charge is 0.407 e. The van der Waals surface area contributed by atoms with Gasteiger partial charge in [-0.3, -0.25) is 4.99 Å². The van der Waals surface area contributed by atoms with E-state index in [2.05, 4.69) is 33.1 Å². The molecular weight excluding hydrogens is 527 g/mol. The summed E-state index contributed by atoms with van der Waals surface area (Å²) in [5.41, 5.74) is 0.600. The second kappa shape index (κ2) is 11.8. The molecule has 1 amide bonds. The van der Waals surface area contributed by atoms with Crippen molar-refractivity contribution in [2.24, 2.45) is 4.99 Å². The first-order valence-corrected chi connectivity index (χ1v) is 10.7. The zero-order valence-electron chi connectivity index (χ0n) is 19.3. The monoisotopic (exact) mass is 562 g/mol. The minimum absolute atomic E-state index is 0. The number of nitrogens with zero attached hydrogens (tertiary/aromatic N) is 1. The highest BCUT2D eigenvalue weighted by Crippen LogP contribution is 2.40. The number of alkyl carbamates (subject to hydrolysis) is 1. The number of benzene rings is 1. The lowest BCUT2D eigenvalue weighted by Gasteiger charge is -2.38. The Balaban J connectivity index is 0.00000363. The molecule has 2 heterocycles. The summed E-state index contributed by atoms with van der Waals surface area (Å²) in [5, 5.41) is 9.40. The number of fused-ring (bicyclic) bond motifs is 1. The van der Waals surface area contributed by atoms with Gasteiger partial charge in [0.1, 0.15) is 5.60 Å². The number of guanidine groups is 1. The summed E-state index contributed by atoms with van der Waals surface area (Å²) in [7, 11) is 1.73. The molecule has 32 heavy (non-hydrogen) atoms. The molecular formula is C22H35IN4O5. The summed E-state index contributed by atoms with van der Waals surface area (Å²) in [6.07, 6.45) is 1.37. The van der Waals surface area contributed by atoms with Crippen LogP contribution in [0.25, 0.3) is 0 Å². The van der Waals surface area contributed by atoms with E-state index in [9.17, 15) is 4.79 Å². The molecule has 0 radical (unpaired) electrons. The molecule has 0 aromatic heterocycles. The topological polar surface area (TPSA) is 102 Å². The lowest BCUT2D eigenvalue weighted by atomic mass is 9.74. The highest BCUT2D eigenvalue weighted by atomic mass is 127. The third-order valence-electron chi connectivity index (χ3n) is 5.34. The quantitative estimate of drug-likeness (QED) is 0.212. The van der Waals surface area contributed by atoms with Gasteiger partial charge in [0.15, 0.2) is 17.5 Å². The van der Waals surface area contributed by atoms with E-state index in [1.807, 2.05) is 26.8 Å². The van der Waals surface area contributed by atoms with E-state index in [1.165, 1.54) is 5.56 Å². The summed E-state index contributed by atoms with van der Waals surface area (Å²) in [6.45, 7) is 8.85. The Morgan fingerprint density at radius 2 is 1.78 bits per heavy atom. The average molecular weight is 562 g/mol. The van der Waals surface area contributed by atoms with Crippen molar-refractivity contribution < 1.29 is 23.7 Å². The first-order chi connectivity index (χ1) is 14.8. The van der Waals surface area contributed by atoms with Crippen molar-refractivity contribution >= 4 is 36.0 Å². The Bertz CT molecular complexity index is 791. The number of ether oxygens (including phenoxy) is 4. The Hall–Kier alpha value is -1.95. The molecule has 2 aliphatic rings. The third-order valence-corrected chi connectivity index (χ3v) is 5.34. The standard InChI is InChI=1S/C22H34N4O5.HI/c1-21(2,3)31-20(27)25-10-9-24-19(23-4)26-14-22(7-11-28-12-8-22)16-5-6-17-18(13-16)30-15-29-17;/h5-6,13H,7-12,14-15H2,1-4H3,(H,25,27)(H2,23,24,26);1H. The van der Waals surface area contributed by atoms with Crippen molar-refractivity contribution in [3.8, 4) is 11.5 Å². The molecule has 0 unspecified atom stereocenters. The van der Waals surface area contributed by atoms with Gasteiger partial charge in [0.2, 0.25) is 6.79 Å². The first kappa shape index (κ1) is 26.3. The van der Waals surface area contributed by atoms with Gasteiger partial charge >= 0.3 is 6.09 Å². The van der Waals surface area contributed by atoms with Gasteiger partial charge in [-0.15, -0.1) is 24.0 Å². The molecule has 1 aromatic carbocycles. The van der Waals surface area contributed by atoms with Crippen LogP contribution in [0, 0.1) is 0 Å². The number of nitrogens with one attached hydrogen (secondary N) is 3. The van der Waals surface area contributed by atoms with E-state index in [0.717, 1.165) is 24.3 Å². The van der Waals surface area contributed by atoms with E-state index in [4.69, 9.17) is 18.9 Å². The maximum Gasteiger partial charge on any atom is 0.407 e. The number of aliphatic imine (C=N–C) groups is 1. The fourth-order valence-electron chi connectivity index (χ4n) is 3.69. The summed E-state index contributed by atoms with van der Waals surface area (Å²) in [6, 6.07) is 6.17. The van der Waals surface area contributed by atoms with Gasteiger partial charge in [-0.2, -0.15) is 0 Å². The maximum absolute atomic E-state index is 11.7. The normalized spacial score (nSPS) is 17.2. The lowest BCUT2D eigenvalue weighted by molar-refractivity contribution is 0.0513. The number of carbonyl (C=O) groups is 1. The fraction of sp³-hybridized carbons (Fsp3) is 0.636. The molecule has 9 nitrogen and oxygen atoms in total. The van der Waals surface area contributed by atoms with Crippen molar-refractivity contribution in [2.45, 2.75) is 44.6 Å². The molecule has 0 spiro atoms. The van der Waals surface area contributed by atoms with E-state index in [-0.39, 0.29) is 36.2 Å². The van der Waals surface area contributed by atoms with Crippen LogP contribution in [0.3, 0.4) is 0 Å². The Kier molecular flexibility index (Phi) is 9.68. The van der Waals surface area contributed by atoms with E-state index in [1.54, 1.807) is 7.05 Å². The second-order valence-electron chi connectivity index (χ2n) is 8.74. The third kappa shape index (κ3) is 7.29. The predicted octanol–water partition coefficient (Wildman–Crippen LogP) is 2.77. The molecule has 0 aliphatic carbocycles. The molecule has 2 aliphatic heterocycles. The zero-order chi connectivity index (χ0) is 22.3. The molecule has 1 fully saturated rings. The number of rotatable bonds is 6. The molecule has 1 aromatic rings. The van der Waals surface area contributed by atoms with Gasteiger partial charge in [-0.05, 0) is 51.3 Å². The molecule has 180 valence electrons. The summed E-state index contributed by atoms with van der Waals surface area (Å²) in [5.74, 6) is 2.26. The SMILES string of the molecule is CN=C(NCCNC(=O)OC(C)(C)C)NCC1(c2ccc3c(c2)OCO3)CCOCC1.I. The Morgan fingerprint density at radius 1 is 1.09 bits per heavy atom. The summed E-state index contributed by atoms with van der Waals surface area (Å²) in [4.78, 5) is 16.1. The number of hydrogen-bond donors (Lipinski definition) is 3. The lowest BCUT2D eigenvalue weighted by Crippen LogP contribution is -2.49. The van der Waals surface area contributed by atoms with Crippen molar-refractivity contribution in [1.29, 1.82) is 0 Å². The van der Waals surface area contributed by atoms with Crippen LogP contribution in [0.4, 0.5) is 4.79 Å². The van der Waals surface area contributed by atoms with Crippen LogP contribution < -0.4 is 25.4 Å². The van der Waals surface area contributed by atoms with Crippen LogP contribution in [-0.2, 0) is 14.9 Å². The second-order valence-corrected chi connectivity index (χ2v) is 8.74. The molecule has 3 rings (SSSR count). The van der Waals surface area contributed by atoms with E-state index < -0.39 is 11.7 Å². The summed E-state index contributed by atoms with van der Waals surface area (Å²) >= 11 is 0. The first-order valence-electron chi connectivity index (χ1n) is 10.7. The van der Waals surface area contributed by atoms with Gasteiger partial charge in [0.05, 0.1) is 0 Å². The Morgan fingerprint density at radius 3 is 2.47 bits per heavy atom. The van der Waals surface area contributed by atoms with Crippen molar-refractivity contribution in [1.82, 2.24) is 16.0 Å². The van der Waals surface area contributed by atoms with Crippen LogP contribution in [0.1, 0.15) is 39.2 Å². The van der Waals surface area contributed by atoms with Crippen molar-refractivity contribution in [3.05, 3.63) is 23.8 Å². The van der Waals surface area contributed by atoms with Crippen LogP contribution in [0.15, 0.2) is 23.2 Å². The molecule has 0 atom stereocenters. The van der Waals surface area contributed by atoms with Crippen LogP contribution in [0.5, 0.6) is 11.5 Å². The van der Waals surface area contributed by atoms with Gasteiger partial charge in [-0.25, -0.2) is 4.79 Å². The minimum atomic E-state index is -0.512. The molecule has 0 saturated carbocycles. The molecule has 0 bridgehead atoms. The van der Waals surface area contributed by atoms with Gasteiger partial charge in [0, 0.05) is 45.3 Å². The van der Waals surface area contributed by atoms with E-state index >= 15 is 0 Å². The summed E-state index contributed by atoms with van der Waals surface area (Å²) < 4.78 is 21.9. The van der Waals surface area contributed by atoms with Crippen molar-refractivity contribution in [2.75, 3.05) is 46.7 Å². The van der Waals surface area contributed by atoms with Crippen LogP contribution in [-0.4, -0.2) is 64.3 Å². The number of halogens is 1. The van der Waals surface area contributed by atoms with Gasteiger partial charge < -0.3 is 34.9 Å². The molecule has 3 N–H and O–H groups in total. The van der Waals surface area contributed by atoms with Crippen LogP contribution >= 0.6 is 24.0 Å². The average Bonchev–Trinajstić information content (AvgIpc) is 3.20. The molecule has 10 heteroatoms. The maximum atomic E-state index is 11.7. The molecule has 1 saturated heterocycles. The number of hydrogen-bond acceptors (Lipinski definition) is 6. The highest BCUT2D eigenvalue weighted by Gasteiger charge is 2.35. The number of carbonyl (C=O) groups excluding carboxylic acids is 1. The highest BCUT2D eigenvalue weighted by molar-refractivity contribution is 14.0. The van der Waals surface area contributed by atoms with Crippen molar-refractivity contribution in [3.63, 3.8) is 0 Å². The number of amides is 1. The Labute approximate surface area is 207 Å². The van der Waals surface area contributed by atoms with Crippen LogP contribution in [0.2, 0.25) is 0 Å². The van der Waals surface area contributed by atoms with Gasteiger partial charge in [-0.1, -0.05) is 6.07 Å². The predicted molar refractivity (Wildman–Crippen MR) is 133 cm³/mol. The minimum Gasteiger partial charge on any atom is -0.454 e. The van der Waals surface area contributed by atoms with Gasteiger partial charge in [0.25, 0.3) is 0 Å².